The molecule has 3 aromatic carbocycles. The molecule has 0 aliphatic carbocycles. The summed E-state index contributed by atoms with van der Waals surface area (Å²) in [6, 6.07) is 28.0. The second-order valence-electron chi connectivity index (χ2n) is 11.2. The summed E-state index contributed by atoms with van der Waals surface area (Å²) >= 11 is 1.98. The zero-order valence-corrected chi connectivity index (χ0v) is 25.3. The van der Waals surface area contributed by atoms with E-state index in [4.69, 9.17) is 0 Å². The maximum Gasteiger partial charge on any atom is 0.146 e. The number of thioether (sulfide) groups is 1. The molecule has 0 saturated heterocycles. The lowest BCUT2D eigenvalue weighted by molar-refractivity contribution is -0.118. The van der Waals surface area contributed by atoms with Crippen LogP contribution < -0.4 is 5.32 Å². The van der Waals surface area contributed by atoms with Crippen LogP contribution >= 0.6 is 11.8 Å². The first kappa shape index (κ1) is 30.3. The Morgan fingerprint density at radius 3 is 2.38 bits per heavy atom. The molecule has 4 rings (SSSR count). The van der Waals surface area contributed by atoms with E-state index in [1.54, 1.807) is 0 Å². The molecule has 3 nitrogen and oxygen atoms in total. The molecule has 3 unspecified atom stereocenters. The Bertz CT molecular complexity index is 1210. The van der Waals surface area contributed by atoms with E-state index in [1.807, 2.05) is 56.2 Å². The maximum absolute atomic E-state index is 12.5. The number of hydrogen-bond donors (Lipinski definition) is 1. The Kier molecular flexibility index (Phi) is 11.6. The molecule has 40 heavy (non-hydrogen) atoms. The first-order valence-electron chi connectivity index (χ1n) is 15.0. The fourth-order valence-electron chi connectivity index (χ4n) is 5.93. The van der Waals surface area contributed by atoms with E-state index in [1.165, 1.54) is 67.2 Å². The Morgan fingerprint density at radius 2 is 1.65 bits per heavy atom. The second kappa shape index (κ2) is 15.4. The van der Waals surface area contributed by atoms with E-state index in [0.29, 0.717) is 24.3 Å². The normalized spacial score (nSPS) is 18.2. The van der Waals surface area contributed by atoms with Gasteiger partial charge in [-0.15, -0.1) is 11.8 Å². The first-order chi connectivity index (χ1) is 19.6. The van der Waals surface area contributed by atoms with Gasteiger partial charge in [0.05, 0.1) is 0 Å². The predicted octanol–water partition coefficient (Wildman–Crippen LogP) is 8.77. The molecule has 212 valence electrons. The number of likely N-dealkylation sites (N-methyl/N-ethyl adjacent to an activating group) is 2. The van der Waals surface area contributed by atoms with Gasteiger partial charge in [-0.25, -0.2) is 0 Å². The van der Waals surface area contributed by atoms with Gasteiger partial charge < -0.3 is 10.1 Å². The van der Waals surface area contributed by atoms with Gasteiger partial charge in [-0.1, -0.05) is 124 Å². The van der Waals surface area contributed by atoms with Crippen molar-refractivity contribution in [2.24, 2.45) is 5.92 Å². The van der Waals surface area contributed by atoms with Crippen LogP contribution in [0, 0.1) is 5.92 Å². The summed E-state index contributed by atoms with van der Waals surface area (Å²) < 4.78 is 0. The van der Waals surface area contributed by atoms with Gasteiger partial charge in [-0.2, -0.15) is 0 Å². The highest BCUT2D eigenvalue weighted by atomic mass is 32.2. The third kappa shape index (κ3) is 7.54. The van der Waals surface area contributed by atoms with Crippen LogP contribution in [0.4, 0.5) is 0 Å². The van der Waals surface area contributed by atoms with E-state index >= 15 is 0 Å². The number of hydrogen-bond acceptors (Lipinski definition) is 4. The Balaban J connectivity index is 1.42. The molecule has 1 N–H and O–H groups in total. The molecule has 0 spiro atoms. The molecule has 3 atom stereocenters. The van der Waals surface area contributed by atoms with Gasteiger partial charge >= 0.3 is 0 Å². The van der Waals surface area contributed by atoms with Crippen LogP contribution in [0.2, 0.25) is 0 Å². The van der Waals surface area contributed by atoms with Crippen molar-refractivity contribution < 1.29 is 4.79 Å². The van der Waals surface area contributed by atoms with Crippen LogP contribution in [0.25, 0.3) is 11.1 Å². The van der Waals surface area contributed by atoms with Crippen molar-refractivity contribution in [3.05, 3.63) is 107 Å². The van der Waals surface area contributed by atoms with Crippen LogP contribution in [0.3, 0.4) is 0 Å². The first-order valence-corrected chi connectivity index (χ1v) is 15.9. The second-order valence-corrected chi connectivity index (χ2v) is 12.3. The lowest BCUT2D eigenvalue weighted by Crippen LogP contribution is -2.51. The maximum atomic E-state index is 12.5. The van der Waals surface area contributed by atoms with E-state index in [0.717, 1.165) is 11.8 Å². The van der Waals surface area contributed by atoms with Gasteiger partial charge in [0.25, 0.3) is 0 Å². The van der Waals surface area contributed by atoms with Gasteiger partial charge in [0.1, 0.15) is 11.8 Å². The molecule has 0 saturated carbocycles. The van der Waals surface area contributed by atoms with E-state index < -0.39 is 5.54 Å². The van der Waals surface area contributed by atoms with Gasteiger partial charge in [0.15, 0.2) is 0 Å². The average molecular weight is 555 g/mol. The number of nitrogens with one attached hydrogen (secondary N) is 1. The summed E-state index contributed by atoms with van der Waals surface area (Å²) in [4.78, 5) is 14.6. The summed E-state index contributed by atoms with van der Waals surface area (Å²) in [7, 11) is 3.93. The van der Waals surface area contributed by atoms with Crippen molar-refractivity contribution in [2.45, 2.75) is 69.2 Å². The van der Waals surface area contributed by atoms with E-state index in [-0.39, 0.29) is 0 Å². The standard InChI is InChI=1S/C36H46N2OS/c1-4-5-6-7-8-10-14-31-23-24-40-35(31)33-16-13-15-32(25-33)30-21-19-29(20-22-30)26-38(3)36(28-39,27-37-2)34-17-11-9-12-18-34/h9,11-13,15-25,28,31,35,37H,4-8,10,14,26-27H2,1-3H3. The Hall–Kier alpha value is -2.66. The lowest BCUT2D eigenvalue weighted by atomic mass is 9.89. The number of nitrogens with zero attached hydrogens (tertiary/aromatic N) is 1. The largest absolute Gasteiger partial charge is 0.317 e. The SMILES string of the molecule is CCCCCCCCC1C=CSC1c1cccc(-c2ccc(CN(C)C(C=O)(CNC)c3ccccc3)cc2)c1. The van der Waals surface area contributed by atoms with Gasteiger partial charge in [0, 0.05) is 18.3 Å². The Morgan fingerprint density at radius 1 is 0.900 bits per heavy atom. The fraction of sp³-hybridized carbons (Fsp3) is 0.417. The Labute approximate surface area is 246 Å². The van der Waals surface area contributed by atoms with Gasteiger partial charge in [-0.05, 0) is 65.7 Å². The van der Waals surface area contributed by atoms with Crippen LogP contribution in [0.15, 0.2) is 90.3 Å². The number of carbonyl (C=O) groups excluding carboxylic acids is 1. The summed E-state index contributed by atoms with van der Waals surface area (Å²) in [6.45, 7) is 3.51. The topological polar surface area (TPSA) is 32.3 Å². The molecule has 0 bridgehead atoms. The molecule has 0 aromatic heterocycles. The highest BCUT2D eigenvalue weighted by molar-refractivity contribution is 8.02. The van der Waals surface area contributed by atoms with Crippen molar-refractivity contribution in [1.29, 1.82) is 0 Å². The minimum absolute atomic E-state index is 0.519. The molecule has 1 heterocycles. The van der Waals surface area contributed by atoms with Crippen molar-refractivity contribution in [1.82, 2.24) is 10.2 Å². The molecule has 1 aliphatic rings. The van der Waals surface area contributed by atoms with Crippen LogP contribution in [0.1, 0.15) is 73.8 Å². The molecule has 0 amide bonds. The van der Waals surface area contributed by atoms with Crippen LogP contribution in [-0.2, 0) is 16.9 Å². The third-order valence-electron chi connectivity index (χ3n) is 8.35. The number of unbranched alkanes of at least 4 members (excludes halogenated alkanes) is 5. The van der Waals surface area contributed by atoms with E-state index in [9.17, 15) is 4.79 Å². The van der Waals surface area contributed by atoms with Crippen molar-refractivity contribution in [2.75, 3.05) is 20.6 Å². The predicted molar refractivity (Wildman–Crippen MR) is 172 cm³/mol. The van der Waals surface area contributed by atoms with Crippen LogP contribution in [0.5, 0.6) is 0 Å². The monoisotopic (exact) mass is 554 g/mol. The quantitative estimate of drug-likeness (QED) is 0.142. The van der Waals surface area contributed by atoms with Gasteiger partial charge in [-0.3, -0.25) is 4.90 Å². The molecular weight excluding hydrogens is 508 g/mol. The minimum Gasteiger partial charge on any atom is -0.317 e. The summed E-state index contributed by atoms with van der Waals surface area (Å²) in [5.41, 5.74) is 5.40. The number of carbonyl (C=O) groups is 1. The molecule has 3 aromatic rings. The zero-order chi connectivity index (χ0) is 28.2. The molecule has 0 fully saturated rings. The molecule has 4 heteroatoms. The summed E-state index contributed by atoms with van der Waals surface area (Å²) in [5, 5.41) is 6.06. The molecule has 0 radical (unpaired) electrons. The van der Waals surface area contributed by atoms with Crippen molar-refractivity contribution >= 4 is 18.0 Å². The van der Waals surface area contributed by atoms with E-state index in [2.05, 4.69) is 77.2 Å². The summed E-state index contributed by atoms with van der Waals surface area (Å²) in [5.74, 6) is 0.629. The number of benzene rings is 3. The zero-order valence-electron chi connectivity index (χ0n) is 24.5. The molecular formula is C36H46N2OS. The minimum atomic E-state index is -0.720. The highest BCUT2D eigenvalue weighted by Crippen LogP contribution is 2.45. The van der Waals surface area contributed by atoms with Crippen LogP contribution in [-0.4, -0.2) is 31.8 Å². The number of allylic oxidation sites excluding steroid dienone is 1. The highest BCUT2D eigenvalue weighted by Gasteiger charge is 2.35. The average Bonchev–Trinajstić information content (AvgIpc) is 3.47. The number of rotatable bonds is 16. The summed E-state index contributed by atoms with van der Waals surface area (Å²) in [6.07, 6.45) is 12.9. The van der Waals surface area contributed by atoms with Gasteiger partial charge in [0.2, 0.25) is 0 Å². The third-order valence-corrected chi connectivity index (χ3v) is 9.58. The fourth-order valence-corrected chi connectivity index (χ4v) is 7.13. The molecule has 1 aliphatic heterocycles. The van der Waals surface area contributed by atoms with Crippen molar-refractivity contribution in [3.63, 3.8) is 0 Å². The lowest BCUT2D eigenvalue weighted by Gasteiger charge is -2.38. The van der Waals surface area contributed by atoms with Crippen molar-refractivity contribution in [3.8, 4) is 11.1 Å². The smallest absolute Gasteiger partial charge is 0.146 e. The number of aldehydes is 1.